The molecule has 2 amide bonds. The zero-order valence-corrected chi connectivity index (χ0v) is 11.2. The van der Waals surface area contributed by atoms with Crippen molar-refractivity contribution in [3.8, 4) is 0 Å². The maximum atomic E-state index is 11.9. The fourth-order valence-corrected chi connectivity index (χ4v) is 3.60. The Hall–Kier alpha value is -0.750. The van der Waals surface area contributed by atoms with E-state index in [2.05, 4.69) is 0 Å². The monoisotopic (exact) mass is 272 g/mol. The number of hydrogen-bond donors (Lipinski definition) is 2. The van der Waals surface area contributed by atoms with Gasteiger partial charge in [-0.2, -0.15) is 11.8 Å². The molecule has 3 unspecified atom stereocenters. The summed E-state index contributed by atoms with van der Waals surface area (Å²) in [6.45, 7) is 1.49. The first-order valence-corrected chi connectivity index (χ1v) is 7.55. The highest BCUT2D eigenvalue weighted by atomic mass is 32.2. The summed E-state index contributed by atoms with van der Waals surface area (Å²) in [4.78, 5) is 24.4. The number of aliphatic hydroxyl groups excluding tert-OH is 1. The molecule has 0 radical (unpaired) electrons. The van der Waals surface area contributed by atoms with Crippen molar-refractivity contribution < 1.29 is 14.7 Å². The molecule has 1 aliphatic carbocycles. The van der Waals surface area contributed by atoms with E-state index in [1.807, 2.05) is 4.90 Å². The van der Waals surface area contributed by atoms with E-state index in [9.17, 15) is 14.7 Å². The second kappa shape index (κ2) is 5.93. The summed E-state index contributed by atoms with van der Waals surface area (Å²) >= 11 is 1.40. The zero-order valence-electron chi connectivity index (χ0n) is 10.4. The number of rotatable bonds is 5. The lowest BCUT2D eigenvalue weighted by molar-refractivity contribution is -0.130. The number of amides is 2. The van der Waals surface area contributed by atoms with Crippen LogP contribution in [0.25, 0.3) is 0 Å². The van der Waals surface area contributed by atoms with Gasteiger partial charge in [-0.25, -0.2) is 0 Å². The molecular weight excluding hydrogens is 252 g/mol. The van der Waals surface area contributed by atoms with Crippen LogP contribution in [0.1, 0.15) is 19.3 Å². The van der Waals surface area contributed by atoms with Crippen molar-refractivity contribution >= 4 is 23.6 Å². The summed E-state index contributed by atoms with van der Waals surface area (Å²) in [5, 5.41) is 9.78. The summed E-state index contributed by atoms with van der Waals surface area (Å²) in [6, 6.07) is 0. The van der Waals surface area contributed by atoms with Gasteiger partial charge in [-0.3, -0.25) is 9.59 Å². The maximum absolute atomic E-state index is 11.9. The van der Waals surface area contributed by atoms with Gasteiger partial charge in [-0.05, 0) is 18.8 Å². The minimum Gasteiger partial charge on any atom is -0.393 e. The molecule has 0 aromatic carbocycles. The van der Waals surface area contributed by atoms with E-state index in [1.54, 1.807) is 0 Å². The SMILES string of the molecule is NC(=O)CSCCC(=O)N1CC2CCC(O)C2C1. The van der Waals surface area contributed by atoms with Gasteiger partial charge in [0, 0.05) is 31.2 Å². The van der Waals surface area contributed by atoms with Crippen molar-refractivity contribution in [2.75, 3.05) is 24.6 Å². The Morgan fingerprint density at radius 2 is 2.11 bits per heavy atom. The van der Waals surface area contributed by atoms with E-state index >= 15 is 0 Å². The first kappa shape index (κ1) is 13.7. The Bertz CT molecular complexity index is 337. The van der Waals surface area contributed by atoms with Crippen LogP contribution >= 0.6 is 11.8 Å². The normalized spacial score (nSPS) is 30.5. The minimum atomic E-state index is -0.341. The average molecular weight is 272 g/mol. The lowest BCUT2D eigenvalue weighted by Gasteiger charge is -2.18. The molecule has 1 aliphatic heterocycles. The van der Waals surface area contributed by atoms with E-state index in [4.69, 9.17) is 5.73 Å². The molecule has 0 aromatic rings. The van der Waals surface area contributed by atoms with Crippen LogP contribution < -0.4 is 5.73 Å². The number of carbonyl (C=O) groups excluding carboxylic acids is 2. The Kier molecular flexibility index (Phi) is 4.50. The van der Waals surface area contributed by atoms with Gasteiger partial charge in [0.1, 0.15) is 0 Å². The molecule has 1 heterocycles. The molecule has 2 fully saturated rings. The van der Waals surface area contributed by atoms with Gasteiger partial charge in [0.15, 0.2) is 0 Å². The number of nitrogens with zero attached hydrogens (tertiary/aromatic N) is 1. The van der Waals surface area contributed by atoms with Gasteiger partial charge in [0.2, 0.25) is 11.8 Å². The first-order valence-electron chi connectivity index (χ1n) is 6.40. The number of hydrogen-bond acceptors (Lipinski definition) is 4. The molecule has 1 saturated carbocycles. The molecule has 2 rings (SSSR count). The zero-order chi connectivity index (χ0) is 13.1. The summed E-state index contributed by atoms with van der Waals surface area (Å²) in [5.41, 5.74) is 5.03. The minimum absolute atomic E-state index is 0.133. The highest BCUT2D eigenvalue weighted by molar-refractivity contribution is 7.99. The number of likely N-dealkylation sites (tertiary alicyclic amines) is 1. The summed E-state index contributed by atoms with van der Waals surface area (Å²) < 4.78 is 0. The van der Waals surface area contributed by atoms with E-state index < -0.39 is 0 Å². The van der Waals surface area contributed by atoms with Gasteiger partial charge < -0.3 is 15.7 Å². The number of aliphatic hydroxyl groups is 1. The van der Waals surface area contributed by atoms with E-state index in [1.165, 1.54) is 11.8 Å². The van der Waals surface area contributed by atoms with Crippen LogP contribution in [-0.4, -0.2) is 52.5 Å². The van der Waals surface area contributed by atoms with Gasteiger partial charge in [-0.15, -0.1) is 0 Å². The lowest BCUT2D eigenvalue weighted by Crippen LogP contribution is -2.31. The average Bonchev–Trinajstić information content (AvgIpc) is 2.87. The summed E-state index contributed by atoms with van der Waals surface area (Å²) in [6.07, 6.45) is 2.14. The number of primary amides is 1. The highest BCUT2D eigenvalue weighted by Crippen LogP contribution is 2.38. The molecule has 0 bridgehead atoms. The molecular formula is C12H20N2O3S. The Morgan fingerprint density at radius 1 is 1.33 bits per heavy atom. The third-order valence-electron chi connectivity index (χ3n) is 3.88. The fraction of sp³-hybridized carbons (Fsp3) is 0.833. The molecule has 0 aromatic heterocycles. The Labute approximate surface area is 111 Å². The van der Waals surface area contributed by atoms with Crippen molar-refractivity contribution in [2.24, 2.45) is 17.6 Å². The number of carbonyl (C=O) groups is 2. The van der Waals surface area contributed by atoms with E-state index in [0.717, 1.165) is 19.4 Å². The molecule has 0 spiro atoms. The quantitative estimate of drug-likeness (QED) is 0.680. The molecule has 2 aliphatic rings. The van der Waals surface area contributed by atoms with Crippen molar-refractivity contribution in [3.05, 3.63) is 0 Å². The van der Waals surface area contributed by atoms with Crippen LogP contribution in [0.4, 0.5) is 0 Å². The maximum Gasteiger partial charge on any atom is 0.227 e. The van der Waals surface area contributed by atoms with E-state index in [0.29, 0.717) is 24.6 Å². The largest absolute Gasteiger partial charge is 0.393 e. The highest BCUT2D eigenvalue weighted by Gasteiger charge is 2.42. The predicted molar refractivity (Wildman–Crippen MR) is 69.9 cm³/mol. The van der Waals surface area contributed by atoms with Crippen LogP contribution in [0.5, 0.6) is 0 Å². The third kappa shape index (κ3) is 3.17. The summed E-state index contributed by atoms with van der Waals surface area (Å²) in [7, 11) is 0. The molecule has 102 valence electrons. The van der Waals surface area contributed by atoms with Crippen LogP contribution in [-0.2, 0) is 9.59 Å². The van der Waals surface area contributed by atoms with Crippen LogP contribution in [0, 0.1) is 11.8 Å². The Balaban J connectivity index is 1.70. The lowest BCUT2D eigenvalue weighted by atomic mass is 10.00. The number of nitrogens with two attached hydrogens (primary N) is 1. The van der Waals surface area contributed by atoms with Crippen LogP contribution in [0.15, 0.2) is 0 Å². The van der Waals surface area contributed by atoms with Crippen molar-refractivity contribution in [1.82, 2.24) is 4.90 Å². The molecule has 5 nitrogen and oxygen atoms in total. The summed E-state index contributed by atoms with van der Waals surface area (Å²) in [5.74, 6) is 1.47. The fourth-order valence-electron chi connectivity index (χ4n) is 2.93. The van der Waals surface area contributed by atoms with Gasteiger partial charge in [0.05, 0.1) is 11.9 Å². The smallest absolute Gasteiger partial charge is 0.227 e. The van der Waals surface area contributed by atoms with Gasteiger partial charge in [0.25, 0.3) is 0 Å². The standard InChI is InChI=1S/C12H20N2O3S/c13-11(16)7-18-4-3-12(17)14-5-8-1-2-10(15)9(8)6-14/h8-10,15H,1-7H2,(H2,13,16). The molecule has 6 heteroatoms. The predicted octanol–water partition coefficient (Wildman–Crippen LogP) is -0.176. The topological polar surface area (TPSA) is 83.6 Å². The second-order valence-corrected chi connectivity index (χ2v) is 6.24. The second-order valence-electron chi connectivity index (χ2n) is 5.14. The van der Waals surface area contributed by atoms with Gasteiger partial charge in [-0.1, -0.05) is 0 Å². The molecule has 3 atom stereocenters. The molecule has 18 heavy (non-hydrogen) atoms. The van der Waals surface area contributed by atoms with E-state index in [-0.39, 0.29) is 29.6 Å². The number of thioether (sulfide) groups is 1. The van der Waals surface area contributed by atoms with Crippen molar-refractivity contribution in [1.29, 1.82) is 0 Å². The van der Waals surface area contributed by atoms with Crippen molar-refractivity contribution in [3.63, 3.8) is 0 Å². The van der Waals surface area contributed by atoms with Crippen LogP contribution in [0.3, 0.4) is 0 Å². The van der Waals surface area contributed by atoms with Gasteiger partial charge >= 0.3 is 0 Å². The first-order chi connectivity index (χ1) is 8.58. The molecule has 3 N–H and O–H groups in total. The third-order valence-corrected chi connectivity index (χ3v) is 4.86. The van der Waals surface area contributed by atoms with Crippen molar-refractivity contribution in [2.45, 2.75) is 25.4 Å². The molecule has 1 saturated heterocycles. The van der Waals surface area contributed by atoms with Crippen LogP contribution in [0.2, 0.25) is 0 Å². The number of fused-ring (bicyclic) bond motifs is 1. The Morgan fingerprint density at radius 3 is 2.78 bits per heavy atom.